The van der Waals surface area contributed by atoms with Gasteiger partial charge in [0.1, 0.15) is 0 Å². The monoisotopic (exact) mass is 279 g/mol. The normalized spacial score (nSPS) is 13.8. The van der Waals surface area contributed by atoms with Crippen molar-refractivity contribution in [2.45, 2.75) is 25.4 Å². The lowest BCUT2D eigenvalue weighted by Gasteiger charge is -2.21. The van der Waals surface area contributed by atoms with Gasteiger partial charge in [0, 0.05) is 18.8 Å². The van der Waals surface area contributed by atoms with Crippen LogP contribution in [0.2, 0.25) is 0 Å². The molecular weight excluding hydrogens is 262 g/mol. The molecule has 0 radical (unpaired) electrons. The Morgan fingerprint density at radius 2 is 2.20 bits per heavy atom. The number of rotatable bonds is 6. The molecular formula is C13H17N3O4. The lowest BCUT2D eigenvalue weighted by molar-refractivity contribution is 0.0696. The van der Waals surface area contributed by atoms with Gasteiger partial charge in [-0.2, -0.15) is 0 Å². The third kappa shape index (κ3) is 3.67. The third-order valence-electron chi connectivity index (χ3n) is 3.07. The summed E-state index contributed by atoms with van der Waals surface area (Å²) < 4.78 is 0. The summed E-state index contributed by atoms with van der Waals surface area (Å²) in [5.74, 6) is -1.03. The molecule has 1 aromatic rings. The number of carboxylic acids is 1. The third-order valence-corrected chi connectivity index (χ3v) is 3.07. The van der Waals surface area contributed by atoms with E-state index < -0.39 is 5.97 Å². The number of hydrogen-bond donors (Lipinski definition) is 3. The number of nitrogens with zero attached hydrogens (tertiary/aromatic N) is 2. The minimum Gasteiger partial charge on any atom is -0.478 e. The van der Waals surface area contributed by atoms with Crippen LogP contribution in [0, 0.1) is 0 Å². The van der Waals surface area contributed by atoms with E-state index in [4.69, 9.17) is 10.2 Å². The molecule has 1 heterocycles. The van der Waals surface area contributed by atoms with E-state index in [0.717, 1.165) is 12.8 Å². The second-order valence-electron chi connectivity index (χ2n) is 4.65. The fourth-order valence-corrected chi connectivity index (χ4v) is 1.92. The van der Waals surface area contributed by atoms with Gasteiger partial charge < -0.3 is 20.4 Å². The maximum atomic E-state index is 12.0. The van der Waals surface area contributed by atoms with Gasteiger partial charge in [0.15, 0.2) is 0 Å². The van der Waals surface area contributed by atoms with Crippen LogP contribution in [0.3, 0.4) is 0 Å². The zero-order valence-electron chi connectivity index (χ0n) is 11.0. The number of carbonyl (C=O) groups excluding carboxylic acids is 1. The first-order valence-corrected chi connectivity index (χ1v) is 6.45. The number of carbonyl (C=O) groups is 2. The van der Waals surface area contributed by atoms with Gasteiger partial charge in [0.05, 0.1) is 24.4 Å². The summed E-state index contributed by atoms with van der Waals surface area (Å²) in [6.07, 6.45) is 3.32. The molecule has 0 saturated heterocycles. The summed E-state index contributed by atoms with van der Waals surface area (Å²) in [6, 6.07) is 2.77. The fraction of sp³-hybridized carbons (Fsp3) is 0.462. The topological polar surface area (TPSA) is 103 Å². The number of hydrogen-bond acceptors (Lipinski definition) is 4. The van der Waals surface area contributed by atoms with Gasteiger partial charge in [-0.05, 0) is 25.0 Å². The van der Waals surface area contributed by atoms with Crippen molar-refractivity contribution < 1.29 is 19.8 Å². The van der Waals surface area contributed by atoms with E-state index in [2.05, 4.69) is 10.3 Å². The summed E-state index contributed by atoms with van der Waals surface area (Å²) in [5, 5.41) is 20.5. The number of nitrogens with one attached hydrogen (secondary N) is 1. The lowest BCUT2D eigenvalue weighted by atomic mass is 10.2. The molecule has 7 nitrogen and oxygen atoms in total. The molecule has 108 valence electrons. The molecule has 0 bridgehead atoms. The van der Waals surface area contributed by atoms with Crippen LogP contribution < -0.4 is 5.32 Å². The molecule has 1 aromatic heterocycles. The molecule has 0 aromatic carbocycles. The minimum absolute atomic E-state index is 0.0727. The second kappa shape index (κ2) is 6.33. The predicted octanol–water partition coefficient (Wildman–Crippen LogP) is 0.446. The van der Waals surface area contributed by atoms with Crippen molar-refractivity contribution in [3.8, 4) is 0 Å². The highest BCUT2D eigenvalue weighted by atomic mass is 16.4. The second-order valence-corrected chi connectivity index (χ2v) is 4.65. The molecule has 0 unspecified atom stereocenters. The van der Waals surface area contributed by atoms with Crippen LogP contribution >= 0.6 is 0 Å². The Kier molecular flexibility index (Phi) is 4.52. The first kappa shape index (κ1) is 14.3. The van der Waals surface area contributed by atoms with E-state index in [1.54, 1.807) is 4.90 Å². The maximum Gasteiger partial charge on any atom is 0.335 e. The zero-order valence-corrected chi connectivity index (χ0v) is 11.0. The highest BCUT2D eigenvalue weighted by molar-refractivity contribution is 5.87. The number of aliphatic hydroxyl groups excluding tert-OH is 1. The average Bonchev–Trinajstić information content (AvgIpc) is 3.27. The molecule has 20 heavy (non-hydrogen) atoms. The quantitative estimate of drug-likeness (QED) is 0.701. The largest absolute Gasteiger partial charge is 0.478 e. The van der Waals surface area contributed by atoms with Gasteiger partial charge in [0.25, 0.3) is 0 Å². The predicted molar refractivity (Wildman–Crippen MR) is 70.2 cm³/mol. The highest BCUT2D eigenvalue weighted by Gasteiger charge is 2.31. The Morgan fingerprint density at radius 1 is 1.45 bits per heavy atom. The molecule has 0 atom stereocenters. The maximum absolute atomic E-state index is 12.0. The number of urea groups is 1. The van der Waals surface area contributed by atoms with Crippen LogP contribution in [0.5, 0.6) is 0 Å². The van der Waals surface area contributed by atoms with Crippen LogP contribution in [-0.2, 0) is 6.54 Å². The van der Waals surface area contributed by atoms with Crippen LogP contribution in [0.15, 0.2) is 18.3 Å². The van der Waals surface area contributed by atoms with Gasteiger partial charge in [-0.3, -0.25) is 4.98 Å². The SMILES string of the molecule is O=C(O)c1ccnc(CNC(=O)N(CCO)C2CC2)c1. The van der Waals surface area contributed by atoms with Crippen molar-refractivity contribution in [2.75, 3.05) is 13.2 Å². The Labute approximate surface area is 116 Å². The summed E-state index contributed by atoms with van der Waals surface area (Å²) >= 11 is 0. The van der Waals surface area contributed by atoms with Gasteiger partial charge in [-0.1, -0.05) is 0 Å². The molecule has 1 aliphatic carbocycles. The van der Waals surface area contributed by atoms with E-state index >= 15 is 0 Å². The van der Waals surface area contributed by atoms with E-state index in [1.807, 2.05) is 0 Å². The smallest absolute Gasteiger partial charge is 0.335 e. The molecule has 1 saturated carbocycles. The lowest BCUT2D eigenvalue weighted by Crippen LogP contribution is -2.42. The zero-order chi connectivity index (χ0) is 14.5. The number of aliphatic hydroxyl groups is 1. The van der Waals surface area contributed by atoms with E-state index in [1.165, 1.54) is 18.3 Å². The number of pyridine rings is 1. The van der Waals surface area contributed by atoms with Crippen molar-refractivity contribution in [1.82, 2.24) is 15.2 Å². The van der Waals surface area contributed by atoms with Crippen molar-refractivity contribution >= 4 is 12.0 Å². The average molecular weight is 279 g/mol. The van der Waals surface area contributed by atoms with Crippen LogP contribution in [-0.4, -0.2) is 51.3 Å². The van der Waals surface area contributed by atoms with Crippen molar-refractivity contribution in [3.63, 3.8) is 0 Å². The Morgan fingerprint density at radius 3 is 2.80 bits per heavy atom. The first-order valence-electron chi connectivity index (χ1n) is 6.45. The number of aromatic nitrogens is 1. The van der Waals surface area contributed by atoms with E-state index in [9.17, 15) is 9.59 Å². The summed E-state index contributed by atoms with van der Waals surface area (Å²) in [4.78, 5) is 28.4. The van der Waals surface area contributed by atoms with Crippen LogP contribution in [0.1, 0.15) is 28.9 Å². The van der Waals surface area contributed by atoms with E-state index in [-0.39, 0.29) is 30.8 Å². The summed E-state index contributed by atoms with van der Waals surface area (Å²) in [7, 11) is 0. The number of aromatic carboxylic acids is 1. The van der Waals surface area contributed by atoms with Crippen molar-refractivity contribution in [2.24, 2.45) is 0 Å². The number of carboxylic acid groups (broad SMARTS) is 1. The molecule has 1 aliphatic rings. The Bertz CT molecular complexity index is 502. The Balaban J connectivity index is 1.92. The fourth-order valence-electron chi connectivity index (χ4n) is 1.92. The molecule has 2 rings (SSSR count). The highest BCUT2D eigenvalue weighted by Crippen LogP contribution is 2.26. The molecule has 7 heteroatoms. The van der Waals surface area contributed by atoms with E-state index in [0.29, 0.717) is 12.2 Å². The Hall–Kier alpha value is -2.15. The standard InChI is InChI=1S/C13H17N3O4/c17-6-5-16(11-1-2-11)13(20)15-8-10-7-9(12(18)19)3-4-14-10/h3-4,7,11,17H,1-2,5-6,8H2,(H,15,20)(H,18,19). The minimum atomic E-state index is -1.03. The van der Waals surface area contributed by atoms with Gasteiger partial charge in [-0.25, -0.2) is 9.59 Å². The van der Waals surface area contributed by atoms with Crippen LogP contribution in [0.4, 0.5) is 4.79 Å². The molecule has 0 aliphatic heterocycles. The molecule has 3 N–H and O–H groups in total. The molecule has 0 spiro atoms. The molecule has 2 amide bonds. The van der Waals surface area contributed by atoms with Crippen molar-refractivity contribution in [1.29, 1.82) is 0 Å². The van der Waals surface area contributed by atoms with Gasteiger partial charge >= 0.3 is 12.0 Å². The molecule has 1 fully saturated rings. The summed E-state index contributed by atoms with van der Waals surface area (Å²) in [5.41, 5.74) is 0.622. The summed E-state index contributed by atoms with van der Waals surface area (Å²) in [6.45, 7) is 0.393. The number of amides is 2. The first-order chi connectivity index (χ1) is 9.61. The van der Waals surface area contributed by atoms with Crippen LogP contribution in [0.25, 0.3) is 0 Å². The van der Waals surface area contributed by atoms with Crippen molar-refractivity contribution in [3.05, 3.63) is 29.6 Å². The van der Waals surface area contributed by atoms with Gasteiger partial charge in [0.2, 0.25) is 0 Å². The van der Waals surface area contributed by atoms with Gasteiger partial charge in [-0.15, -0.1) is 0 Å².